The average molecular weight is 467 g/mol. The van der Waals surface area contributed by atoms with Crippen molar-refractivity contribution in [3.8, 4) is 0 Å². The molecule has 0 saturated carbocycles. The Kier molecular flexibility index (Phi) is 12.9. The number of halogens is 1. The summed E-state index contributed by atoms with van der Waals surface area (Å²) in [6.45, 7) is 10.1. The van der Waals surface area contributed by atoms with Crippen LogP contribution < -0.4 is 16.0 Å². The zero-order valence-electron chi connectivity index (χ0n) is 15.0. The van der Waals surface area contributed by atoms with E-state index in [2.05, 4.69) is 32.9 Å². The van der Waals surface area contributed by atoms with Crippen molar-refractivity contribution >= 4 is 47.2 Å². The lowest BCUT2D eigenvalue weighted by Crippen LogP contribution is -2.40. The fourth-order valence-electron chi connectivity index (χ4n) is 1.92. The number of hydrogen-bond donors (Lipinski definition) is 3. The molecule has 6 nitrogen and oxygen atoms in total. The van der Waals surface area contributed by atoms with Gasteiger partial charge in [-0.2, -0.15) is 0 Å². The van der Waals surface area contributed by atoms with Crippen LogP contribution in [0, 0.1) is 0 Å². The molecule has 0 radical (unpaired) electrons. The monoisotopic (exact) mass is 467 g/mol. The highest BCUT2D eigenvalue weighted by Gasteiger charge is 2.04. The van der Waals surface area contributed by atoms with Crippen molar-refractivity contribution < 1.29 is 4.79 Å². The van der Waals surface area contributed by atoms with Crippen LogP contribution in [0.4, 0.5) is 0 Å². The Balaban J connectivity index is 0.00000529. The van der Waals surface area contributed by atoms with Gasteiger partial charge in [0.1, 0.15) is 0 Å². The number of aromatic nitrogens is 1. The van der Waals surface area contributed by atoms with E-state index >= 15 is 0 Å². The van der Waals surface area contributed by atoms with Gasteiger partial charge in [-0.1, -0.05) is 6.92 Å². The van der Waals surface area contributed by atoms with Crippen LogP contribution in [0.25, 0.3) is 0 Å². The highest BCUT2D eigenvalue weighted by molar-refractivity contribution is 14.0. The third kappa shape index (κ3) is 10.1. The minimum absolute atomic E-state index is 0. The third-order valence-corrected chi connectivity index (χ3v) is 4.19. The summed E-state index contributed by atoms with van der Waals surface area (Å²) in [5, 5.41) is 10.4. The summed E-state index contributed by atoms with van der Waals surface area (Å²) < 4.78 is 0. The first-order valence-corrected chi connectivity index (χ1v) is 9.11. The van der Waals surface area contributed by atoms with E-state index in [1.807, 2.05) is 27.0 Å². The normalized spacial score (nSPS) is 11.1. The van der Waals surface area contributed by atoms with Gasteiger partial charge in [0, 0.05) is 49.6 Å². The van der Waals surface area contributed by atoms with Crippen LogP contribution in [-0.2, 0) is 17.6 Å². The second-order valence-electron chi connectivity index (χ2n) is 5.48. The zero-order valence-corrected chi connectivity index (χ0v) is 18.2. The molecule has 8 heteroatoms. The average Bonchev–Trinajstić information content (AvgIpc) is 2.94. The number of carbonyl (C=O) groups excluding carboxylic acids is 1. The summed E-state index contributed by atoms with van der Waals surface area (Å²) in [6, 6.07) is 0.177. The second kappa shape index (κ2) is 13.4. The van der Waals surface area contributed by atoms with Gasteiger partial charge < -0.3 is 16.0 Å². The molecular formula is C16H30IN5OS. The van der Waals surface area contributed by atoms with Crippen molar-refractivity contribution in [1.82, 2.24) is 20.9 Å². The number of aliphatic imine (C=N–C) groups is 1. The number of rotatable bonds is 9. The van der Waals surface area contributed by atoms with Crippen molar-refractivity contribution in [2.45, 2.75) is 53.0 Å². The molecule has 138 valence electrons. The predicted octanol–water partition coefficient (Wildman–Crippen LogP) is 2.34. The van der Waals surface area contributed by atoms with Gasteiger partial charge in [-0.25, -0.2) is 4.98 Å². The molecule has 0 bridgehead atoms. The Bertz CT molecular complexity index is 504. The standard InChI is InChI=1S/C16H29N5OS.HI/c1-5-13-11-20-15(23-13)8-10-19-16(17-6-2)18-9-7-14(22)21-12(3)4;/h11-12H,5-10H2,1-4H3,(H,21,22)(H2,17,18,19);1H. The van der Waals surface area contributed by atoms with E-state index in [1.54, 1.807) is 11.3 Å². The SMILES string of the molecule is CCNC(=NCCc1ncc(CC)s1)NCCC(=O)NC(C)C.I. The summed E-state index contributed by atoms with van der Waals surface area (Å²) in [5.41, 5.74) is 0. The van der Waals surface area contributed by atoms with E-state index in [0.29, 0.717) is 19.5 Å². The molecule has 1 aromatic rings. The number of thiazole rings is 1. The lowest BCUT2D eigenvalue weighted by Gasteiger charge is -2.12. The topological polar surface area (TPSA) is 78.4 Å². The molecule has 1 aromatic heterocycles. The molecule has 24 heavy (non-hydrogen) atoms. The van der Waals surface area contributed by atoms with E-state index in [-0.39, 0.29) is 35.9 Å². The van der Waals surface area contributed by atoms with E-state index in [1.165, 1.54) is 4.88 Å². The maximum atomic E-state index is 11.6. The van der Waals surface area contributed by atoms with Crippen molar-refractivity contribution in [2.75, 3.05) is 19.6 Å². The van der Waals surface area contributed by atoms with Crippen molar-refractivity contribution in [2.24, 2.45) is 4.99 Å². The number of aryl methyl sites for hydroxylation is 1. The maximum absolute atomic E-state index is 11.6. The zero-order chi connectivity index (χ0) is 17.1. The van der Waals surface area contributed by atoms with E-state index in [0.717, 1.165) is 30.4 Å². The molecule has 0 aromatic carbocycles. The summed E-state index contributed by atoms with van der Waals surface area (Å²) in [4.78, 5) is 21.8. The van der Waals surface area contributed by atoms with Crippen LogP contribution in [-0.4, -0.2) is 42.5 Å². The predicted molar refractivity (Wildman–Crippen MR) is 112 cm³/mol. The first-order valence-electron chi connectivity index (χ1n) is 8.30. The molecule has 3 N–H and O–H groups in total. The highest BCUT2D eigenvalue weighted by atomic mass is 127. The van der Waals surface area contributed by atoms with Crippen LogP contribution in [0.5, 0.6) is 0 Å². The minimum Gasteiger partial charge on any atom is -0.357 e. The third-order valence-electron chi connectivity index (χ3n) is 2.98. The van der Waals surface area contributed by atoms with Gasteiger partial charge in [0.15, 0.2) is 5.96 Å². The number of nitrogens with one attached hydrogen (secondary N) is 3. The number of nitrogens with zero attached hydrogens (tertiary/aromatic N) is 2. The molecule has 0 fully saturated rings. The minimum atomic E-state index is 0. The number of amides is 1. The molecule has 1 heterocycles. The lowest BCUT2D eigenvalue weighted by atomic mass is 10.3. The molecule has 0 aliphatic rings. The van der Waals surface area contributed by atoms with Gasteiger partial charge in [0.25, 0.3) is 0 Å². The van der Waals surface area contributed by atoms with Gasteiger partial charge in [0.05, 0.1) is 5.01 Å². The van der Waals surface area contributed by atoms with Crippen molar-refractivity contribution in [3.63, 3.8) is 0 Å². The number of guanidine groups is 1. The fourth-order valence-corrected chi connectivity index (χ4v) is 2.77. The molecule has 0 saturated heterocycles. The van der Waals surface area contributed by atoms with Gasteiger partial charge in [-0.05, 0) is 27.2 Å². The van der Waals surface area contributed by atoms with Crippen LogP contribution in [0.2, 0.25) is 0 Å². The molecule has 0 spiro atoms. The Hall–Kier alpha value is -0.900. The van der Waals surface area contributed by atoms with E-state index in [9.17, 15) is 4.79 Å². The summed E-state index contributed by atoms with van der Waals surface area (Å²) in [6.07, 6.45) is 4.26. The van der Waals surface area contributed by atoms with Gasteiger partial charge in [-0.3, -0.25) is 9.79 Å². The quantitative estimate of drug-likeness (QED) is 0.296. The Labute approximate surface area is 166 Å². The highest BCUT2D eigenvalue weighted by Crippen LogP contribution is 2.13. The van der Waals surface area contributed by atoms with E-state index in [4.69, 9.17) is 0 Å². The molecule has 0 aliphatic carbocycles. The smallest absolute Gasteiger partial charge is 0.221 e. The van der Waals surface area contributed by atoms with Crippen LogP contribution >= 0.6 is 35.3 Å². The van der Waals surface area contributed by atoms with Crippen LogP contribution in [0.3, 0.4) is 0 Å². The maximum Gasteiger partial charge on any atom is 0.221 e. The van der Waals surface area contributed by atoms with Crippen molar-refractivity contribution in [1.29, 1.82) is 0 Å². The van der Waals surface area contributed by atoms with Gasteiger partial charge in [-0.15, -0.1) is 35.3 Å². The molecule has 1 amide bonds. The first kappa shape index (κ1) is 23.1. The second-order valence-corrected chi connectivity index (χ2v) is 6.68. The molecule has 0 atom stereocenters. The molecule has 0 unspecified atom stereocenters. The Morgan fingerprint density at radius 3 is 2.67 bits per heavy atom. The summed E-state index contributed by atoms with van der Waals surface area (Å²) >= 11 is 1.75. The number of hydrogen-bond acceptors (Lipinski definition) is 4. The number of carbonyl (C=O) groups is 1. The molecule has 0 aliphatic heterocycles. The van der Waals surface area contributed by atoms with E-state index < -0.39 is 0 Å². The van der Waals surface area contributed by atoms with Gasteiger partial charge in [0.2, 0.25) is 5.91 Å². The molecular weight excluding hydrogens is 437 g/mol. The summed E-state index contributed by atoms with van der Waals surface area (Å²) in [7, 11) is 0. The van der Waals surface area contributed by atoms with Crippen LogP contribution in [0.15, 0.2) is 11.2 Å². The summed E-state index contributed by atoms with van der Waals surface area (Å²) in [5.74, 6) is 0.801. The van der Waals surface area contributed by atoms with Gasteiger partial charge >= 0.3 is 0 Å². The Morgan fingerprint density at radius 2 is 2.08 bits per heavy atom. The first-order chi connectivity index (χ1) is 11.0. The van der Waals surface area contributed by atoms with Crippen molar-refractivity contribution in [3.05, 3.63) is 16.1 Å². The molecule has 1 rings (SSSR count). The largest absolute Gasteiger partial charge is 0.357 e. The lowest BCUT2D eigenvalue weighted by molar-refractivity contribution is -0.121. The Morgan fingerprint density at radius 1 is 1.33 bits per heavy atom. The fraction of sp³-hybridized carbons (Fsp3) is 0.688. The van der Waals surface area contributed by atoms with Crippen LogP contribution in [0.1, 0.15) is 44.0 Å².